The normalized spacial score (nSPS) is 12.7. The zero-order chi connectivity index (χ0) is 15.5. The predicted octanol–water partition coefficient (Wildman–Crippen LogP) is 3.70. The van der Waals surface area contributed by atoms with Crippen LogP contribution in [0.15, 0.2) is 22.7 Å². The molecule has 1 rings (SSSR count). The molecule has 0 heterocycles. The first-order chi connectivity index (χ1) is 9.11. The van der Waals surface area contributed by atoms with Crippen molar-refractivity contribution >= 4 is 33.6 Å². The van der Waals surface area contributed by atoms with Gasteiger partial charge in [0.2, 0.25) is 0 Å². The third kappa shape index (κ3) is 4.52. The molecule has 1 unspecified atom stereocenters. The van der Waals surface area contributed by atoms with Crippen molar-refractivity contribution in [2.75, 3.05) is 5.32 Å². The van der Waals surface area contributed by atoms with E-state index in [2.05, 4.69) is 26.6 Å². The number of hydrogen-bond donors (Lipinski definition) is 3. The fraction of sp³-hybridized carbons (Fsp3) is 0.429. The van der Waals surface area contributed by atoms with Crippen LogP contribution >= 0.6 is 15.9 Å². The molecule has 20 heavy (non-hydrogen) atoms. The second-order valence-electron chi connectivity index (χ2n) is 5.68. The summed E-state index contributed by atoms with van der Waals surface area (Å²) in [5.74, 6) is -1.09. The smallest absolute Gasteiger partial charge is 0.337 e. The minimum absolute atomic E-state index is 0.0398. The van der Waals surface area contributed by atoms with E-state index in [1.807, 2.05) is 27.7 Å². The van der Waals surface area contributed by atoms with E-state index in [1.54, 1.807) is 12.1 Å². The third-order valence-corrected chi connectivity index (χ3v) is 3.60. The summed E-state index contributed by atoms with van der Waals surface area (Å²) >= 11 is 3.21. The quantitative estimate of drug-likeness (QED) is 0.783. The largest absolute Gasteiger partial charge is 0.478 e. The van der Waals surface area contributed by atoms with Gasteiger partial charge in [0.15, 0.2) is 0 Å². The van der Waals surface area contributed by atoms with Crippen LogP contribution < -0.4 is 10.6 Å². The zero-order valence-corrected chi connectivity index (χ0v) is 13.5. The molecule has 0 fully saturated rings. The summed E-state index contributed by atoms with van der Waals surface area (Å²) in [6.07, 6.45) is 0. The van der Waals surface area contributed by atoms with E-state index < -0.39 is 12.0 Å². The van der Waals surface area contributed by atoms with Crippen LogP contribution in [0.3, 0.4) is 0 Å². The van der Waals surface area contributed by atoms with Gasteiger partial charge in [-0.05, 0) is 30.5 Å². The number of urea groups is 1. The highest BCUT2D eigenvalue weighted by Gasteiger charge is 2.22. The molecule has 5 nitrogen and oxygen atoms in total. The van der Waals surface area contributed by atoms with Crippen molar-refractivity contribution < 1.29 is 14.7 Å². The Kier molecular flexibility index (Phi) is 5.16. The second-order valence-corrected chi connectivity index (χ2v) is 6.60. The number of nitrogens with one attached hydrogen (secondary N) is 2. The number of carbonyl (C=O) groups excluding carboxylic acids is 1. The molecule has 0 aliphatic heterocycles. The molecule has 0 aliphatic rings. The Morgan fingerprint density at radius 1 is 1.30 bits per heavy atom. The molecule has 0 aromatic heterocycles. The summed E-state index contributed by atoms with van der Waals surface area (Å²) in [6.45, 7) is 7.94. The lowest BCUT2D eigenvalue weighted by Gasteiger charge is -2.28. The molecular weight excluding hydrogens is 324 g/mol. The van der Waals surface area contributed by atoms with Crippen molar-refractivity contribution in [3.05, 3.63) is 28.2 Å². The van der Waals surface area contributed by atoms with Crippen molar-refractivity contribution in [3.63, 3.8) is 0 Å². The number of carbonyl (C=O) groups is 2. The zero-order valence-electron chi connectivity index (χ0n) is 12.0. The molecule has 0 radical (unpaired) electrons. The highest BCUT2D eigenvalue weighted by Crippen LogP contribution is 2.22. The standard InChI is InChI=1S/C14H19BrN2O3/c1-8(14(2,3)4)16-13(20)17-11-6-5-9(15)7-10(11)12(18)19/h5-8H,1-4H3,(H,18,19)(H2,16,17,20). The van der Waals surface area contributed by atoms with Crippen molar-refractivity contribution in [3.8, 4) is 0 Å². The summed E-state index contributed by atoms with van der Waals surface area (Å²) in [6, 6.07) is 4.21. The van der Waals surface area contributed by atoms with Crippen LogP contribution in [-0.2, 0) is 0 Å². The maximum Gasteiger partial charge on any atom is 0.337 e. The Hall–Kier alpha value is -1.56. The van der Waals surface area contributed by atoms with E-state index in [9.17, 15) is 9.59 Å². The van der Waals surface area contributed by atoms with Crippen LogP contribution in [0.4, 0.5) is 10.5 Å². The highest BCUT2D eigenvalue weighted by molar-refractivity contribution is 9.10. The van der Waals surface area contributed by atoms with Gasteiger partial charge >= 0.3 is 12.0 Å². The Labute approximate surface area is 126 Å². The Balaban J connectivity index is 2.84. The minimum atomic E-state index is -1.09. The van der Waals surface area contributed by atoms with Gasteiger partial charge in [-0.2, -0.15) is 0 Å². The molecule has 0 aliphatic carbocycles. The molecule has 0 saturated carbocycles. The summed E-state index contributed by atoms with van der Waals surface area (Å²) in [5.41, 5.74) is 0.226. The van der Waals surface area contributed by atoms with Gasteiger partial charge in [0.05, 0.1) is 11.3 Å². The summed E-state index contributed by atoms with van der Waals surface area (Å²) < 4.78 is 0.643. The summed E-state index contributed by atoms with van der Waals surface area (Å²) in [4.78, 5) is 23.0. The topological polar surface area (TPSA) is 78.4 Å². The van der Waals surface area contributed by atoms with Crippen LogP contribution in [0, 0.1) is 5.41 Å². The molecule has 3 N–H and O–H groups in total. The van der Waals surface area contributed by atoms with Gasteiger partial charge in [0.1, 0.15) is 0 Å². The first kappa shape index (κ1) is 16.5. The number of rotatable bonds is 3. The Morgan fingerprint density at radius 2 is 1.90 bits per heavy atom. The van der Waals surface area contributed by atoms with E-state index in [4.69, 9.17) is 5.11 Å². The highest BCUT2D eigenvalue weighted by atomic mass is 79.9. The SMILES string of the molecule is CC(NC(=O)Nc1ccc(Br)cc1C(=O)O)C(C)(C)C. The number of aromatic carboxylic acids is 1. The van der Waals surface area contributed by atoms with E-state index in [0.717, 1.165) is 0 Å². The molecular formula is C14H19BrN2O3. The lowest BCUT2D eigenvalue weighted by atomic mass is 9.88. The van der Waals surface area contributed by atoms with Crippen molar-refractivity contribution in [2.24, 2.45) is 5.41 Å². The van der Waals surface area contributed by atoms with Gasteiger partial charge in [-0.1, -0.05) is 36.7 Å². The van der Waals surface area contributed by atoms with Crippen LogP contribution in [0.1, 0.15) is 38.1 Å². The van der Waals surface area contributed by atoms with Crippen LogP contribution in [0.2, 0.25) is 0 Å². The van der Waals surface area contributed by atoms with Crippen molar-refractivity contribution in [1.82, 2.24) is 5.32 Å². The third-order valence-electron chi connectivity index (χ3n) is 3.11. The van der Waals surface area contributed by atoms with Gasteiger partial charge < -0.3 is 15.7 Å². The number of benzene rings is 1. The molecule has 1 aromatic rings. The molecule has 0 bridgehead atoms. The first-order valence-electron chi connectivity index (χ1n) is 6.21. The molecule has 6 heteroatoms. The van der Waals surface area contributed by atoms with Gasteiger partial charge in [-0.25, -0.2) is 9.59 Å². The van der Waals surface area contributed by atoms with Gasteiger partial charge in [0.25, 0.3) is 0 Å². The molecule has 110 valence electrons. The lowest BCUT2D eigenvalue weighted by molar-refractivity contribution is 0.0698. The van der Waals surface area contributed by atoms with Gasteiger partial charge in [-0.15, -0.1) is 0 Å². The average Bonchev–Trinajstić information content (AvgIpc) is 2.29. The maximum absolute atomic E-state index is 11.9. The van der Waals surface area contributed by atoms with E-state index in [0.29, 0.717) is 4.47 Å². The second kappa shape index (κ2) is 6.26. The van der Waals surface area contributed by atoms with Crippen LogP contribution in [0.5, 0.6) is 0 Å². The lowest BCUT2D eigenvalue weighted by Crippen LogP contribution is -2.43. The Morgan fingerprint density at radius 3 is 2.40 bits per heavy atom. The number of carboxylic acid groups (broad SMARTS) is 1. The van der Waals surface area contributed by atoms with Crippen LogP contribution in [-0.4, -0.2) is 23.1 Å². The number of anilines is 1. The molecule has 1 aromatic carbocycles. The summed E-state index contributed by atoms with van der Waals surface area (Å²) in [7, 11) is 0. The molecule has 1 atom stereocenters. The van der Waals surface area contributed by atoms with Crippen molar-refractivity contribution in [2.45, 2.75) is 33.7 Å². The molecule has 0 spiro atoms. The fourth-order valence-electron chi connectivity index (χ4n) is 1.37. The minimum Gasteiger partial charge on any atom is -0.478 e. The van der Waals surface area contributed by atoms with E-state index >= 15 is 0 Å². The predicted molar refractivity (Wildman–Crippen MR) is 82.2 cm³/mol. The number of carboxylic acids is 1. The molecule has 2 amide bonds. The van der Waals surface area contributed by atoms with E-state index in [-0.39, 0.29) is 22.7 Å². The fourth-order valence-corrected chi connectivity index (χ4v) is 1.74. The van der Waals surface area contributed by atoms with Gasteiger partial charge in [0, 0.05) is 10.5 Å². The monoisotopic (exact) mass is 342 g/mol. The van der Waals surface area contributed by atoms with Gasteiger partial charge in [-0.3, -0.25) is 0 Å². The number of halogens is 1. The average molecular weight is 343 g/mol. The number of amides is 2. The first-order valence-corrected chi connectivity index (χ1v) is 7.01. The Bertz CT molecular complexity index is 524. The summed E-state index contributed by atoms with van der Waals surface area (Å²) in [5, 5.41) is 14.5. The molecule has 0 saturated heterocycles. The van der Waals surface area contributed by atoms with E-state index in [1.165, 1.54) is 6.07 Å². The number of hydrogen-bond acceptors (Lipinski definition) is 2. The van der Waals surface area contributed by atoms with Crippen molar-refractivity contribution in [1.29, 1.82) is 0 Å². The van der Waals surface area contributed by atoms with Crippen LogP contribution in [0.25, 0.3) is 0 Å². The maximum atomic E-state index is 11.9.